The van der Waals surface area contributed by atoms with Crippen molar-refractivity contribution in [2.75, 3.05) is 52.8 Å². The Bertz CT molecular complexity index is 186. The molecule has 0 atom stereocenters. The van der Waals surface area contributed by atoms with Gasteiger partial charge in [0.15, 0.2) is 0 Å². The molecule has 1 aliphatic rings. The van der Waals surface area contributed by atoms with Crippen LogP contribution in [-0.2, 0) is 9.47 Å². The average Bonchev–Trinajstić information content (AvgIpc) is 3.06. The van der Waals surface area contributed by atoms with Gasteiger partial charge in [0.2, 0.25) is 0 Å². The van der Waals surface area contributed by atoms with Crippen LogP contribution in [0.3, 0.4) is 0 Å². The van der Waals surface area contributed by atoms with Gasteiger partial charge in [-0.25, -0.2) is 0 Å². The zero-order valence-electron chi connectivity index (χ0n) is 10.6. The van der Waals surface area contributed by atoms with Crippen LogP contribution >= 0.6 is 12.6 Å². The maximum Gasteiger partial charge on any atom is 0.0589 e. The van der Waals surface area contributed by atoms with Gasteiger partial charge in [-0.3, -0.25) is 0 Å². The van der Waals surface area contributed by atoms with E-state index in [4.69, 9.17) is 9.47 Å². The fourth-order valence-corrected chi connectivity index (χ4v) is 2.36. The van der Waals surface area contributed by atoms with E-state index in [1.807, 2.05) is 0 Å². The van der Waals surface area contributed by atoms with Crippen molar-refractivity contribution in [1.82, 2.24) is 4.90 Å². The van der Waals surface area contributed by atoms with Gasteiger partial charge < -0.3 is 14.4 Å². The number of hydrogen-bond acceptors (Lipinski definition) is 4. The molecule has 3 nitrogen and oxygen atoms in total. The molecule has 0 unspecified atom stereocenters. The fourth-order valence-electron chi connectivity index (χ4n) is 1.94. The predicted molar refractivity (Wildman–Crippen MR) is 70.3 cm³/mol. The summed E-state index contributed by atoms with van der Waals surface area (Å²) < 4.78 is 10.3. The number of methoxy groups -OCH3 is 2. The molecule has 0 bridgehead atoms. The molecule has 1 fully saturated rings. The highest BCUT2D eigenvalue weighted by molar-refractivity contribution is 7.80. The van der Waals surface area contributed by atoms with E-state index >= 15 is 0 Å². The molecule has 0 aliphatic heterocycles. The minimum Gasteiger partial charge on any atom is -0.385 e. The van der Waals surface area contributed by atoms with E-state index in [-0.39, 0.29) is 0 Å². The van der Waals surface area contributed by atoms with Crippen molar-refractivity contribution in [3.8, 4) is 0 Å². The molecular formula is C12H25NO2S. The normalized spacial score (nSPS) is 18.0. The maximum atomic E-state index is 5.16. The summed E-state index contributed by atoms with van der Waals surface area (Å²) in [4.78, 5) is 2.49. The largest absolute Gasteiger partial charge is 0.385 e. The molecule has 0 saturated heterocycles. The number of hydrogen-bond donors (Lipinski definition) is 1. The molecule has 1 rings (SSSR count). The van der Waals surface area contributed by atoms with Gasteiger partial charge in [-0.15, -0.1) is 0 Å². The van der Waals surface area contributed by atoms with Gasteiger partial charge in [0.25, 0.3) is 0 Å². The van der Waals surface area contributed by atoms with Gasteiger partial charge in [0, 0.05) is 40.5 Å². The molecule has 0 N–H and O–H groups in total. The molecule has 0 aromatic rings. The second-order valence-electron chi connectivity index (χ2n) is 4.77. The summed E-state index contributed by atoms with van der Waals surface area (Å²) in [5, 5.41) is 0. The third-order valence-electron chi connectivity index (χ3n) is 3.29. The van der Waals surface area contributed by atoms with E-state index in [2.05, 4.69) is 17.5 Å². The summed E-state index contributed by atoms with van der Waals surface area (Å²) in [6, 6.07) is 0. The molecule has 0 aromatic carbocycles. The van der Waals surface area contributed by atoms with E-state index < -0.39 is 0 Å². The summed E-state index contributed by atoms with van der Waals surface area (Å²) >= 11 is 4.46. The standard InChI is InChI=1S/C12H25NO2S/c1-14-8-3-6-13(7-9-15-2)10-12(11-16)4-5-12/h16H,3-11H2,1-2H3. The van der Waals surface area contributed by atoms with E-state index in [9.17, 15) is 0 Å². The average molecular weight is 247 g/mol. The number of nitrogens with zero attached hydrogens (tertiary/aromatic N) is 1. The second-order valence-corrected chi connectivity index (χ2v) is 5.09. The maximum absolute atomic E-state index is 5.16. The Labute approximate surface area is 105 Å². The second kappa shape index (κ2) is 7.54. The Morgan fingerprint density at radius 1 is 1.12 bits per heavy atom. The Kier molecular flexibility index (Phi) is 6.73. The van der Waals surface area contributed by atoms with Crippen molar-refractivity contribution in [3.63, 3.8) is 0 Å². The van der Waals surface area contributed by atoms with Crippen LogP contribution in [0.2, 0.25) is 0 Å². The quantitative estimate of drug-likeness (QED) is 0.469. The molecule has 96 valence electrons. The highest BCUT2D eigenvalue weighted by Gasteiger charge is 2.42. The molecule has 0 amide bonds. The zero-order valence-corrected chi connectivity index (χ0v) is 11.5. The minimum absolute atomic E-state index is 0.504. The highest BCUT2D eigenvalue weighted by Crippen LogP contribution is 2.47. The van der Waals surface area contributed by atoms with Crippen molar-refractivity contribution in [3.05, 3.63) is 0 Å². The van der Waals surface area contributed by atoms with Gasteiger partial charge >= 0.3 is 0 Å². The third kappa shape index (κ3) is 5.04. The van der Waals surface area contributed by atoms with Crippen LogP contribution in [0.5, 0.6) is 0 Å². The van der Waals surface area contributed by atoms with Crippen LogP contribution in [0.15, 0.2) is 0 Å². The first kappa shape index (κ1) is 14.3. The lowest BCUT2D eigenvalue weighted by atomic mass is 10.1. The minimum atomic E-state index is 0.504. The van der Waals surface area contributed by atoms with Crippen LogP contribution in [0.4, 0.5) is 0 Å². The monoisotopic (exact) mass is 247 g/mol. The lowest BCUT2D eigenvalue weighted by molar-refractivity contribution is 0.122. The Balaban J connectivity index is 2.25. The highest BCUT2D eigenvalue weighted by atomic mass is 32.1. The first-order chi connectivity index (χ1) is 7.76. The smallest absolute Gasteiger partial charge is 0.0589 e. The SMILES string of the molecule is COCCCN(CCOC)CC1(CS)CC1. The topological polar surface area (TPSA) is 21.7 Å². The molecule has 0 heterocycles. The summed E-state index contributed by atoms with van der Waals surface area (Å²) in [5.41, 5.74) is 0.504. The summed E-state index contributed by atoms with van der Waals surface area (Å²) in [7, 11) is 3.52. The van der Waals surface area contributed by atoms with Gasteiger partial charge in [-0.1, -0.05) is 0 Å². The number of rotatable bonds is 10. The molecule has 0 radical (unpaired) electrons. The Morgan fingerprint density at radius 2 is 1.81 bits per heavy atom. The molecule has 1 aliphatic carbocycles. The van der Waals surface area contributed by atoms with E-state index in [1.165, 1.54) is 19.4 Å². The van der Waals surface area contributed by atoms with Crippen LogP contribution in [0.25, 0.3) is 0 Å². The van der Waals surface area contributed by atoms with E-state index in [1.54, 1.807) is 14.2 Å². The molecule has 0 aromatic heterocycles. The van der Waals surface area contributed by atoms with Crippen LogP contribution < -0.4 is 0 Å². The van der Waals surface area contributed by atoms with Gasteiger partial charge in [0.05, 0.1) is 6.61 Å². The predicted octanol–water partition coefficient (Wildman–Crippen LogP) is 1.68. The summed E-state index contributed by atoms with van der Waals surface area (Å²) in [6.45, 7) is 4.96. The lowest BCUT2D eigenvalue weighted by Crippen LogP contribution is -2.35. The first-order valence-corrected chi connectivity index (χ1v) is 6.71. The van der Waals surface area contributed by atoms with Gasteiger partial charge in [0.1, 0.15) is 0 Å². The van der Waals surface area contributed by atoms with Crippen molar-refractivity contribution in [1.29, 1.82) is 0 Å². The van der Waals surface area contributed by atoms with Crippen molar-refractivity contribution in [2.45, 2.75) is 19.3 Å². The number of ether oxygens (including phenoxy) is 2. The van der Waals surface area contributed by atoms with Gasteiger partial charge in [-0.05, 0) is 30.4 Å². The molecule has 0 spiro atoms. The Morgan fingerprint density at radius 3 is 2.31 bits per heavy atom. The molecule has 16 heavy (non-hydrogen) atoms. The Hall–Kier alpha value is 0.230. The summed E-state index contributed by atoms with van der Waals surface area (Å²) in [5.74, 6) is 1.01. The summed E-state index contributed by atoms with van der Waals surface area (Å²) in [6.07, 6.45) is 3.78. The fraction of sp³-hybridized carbons (Fsp3) is 1.00. The van der Waals surface area contributed by atoms with Crippen molar-refractivity contribution in [2.24, 2.45) is 5.41 Å². The molecule has 4 heteroatoms. The first-order valence-electron chi connectivity index (χ1n) is 6.07. The zero-order chi connectivity index (χ0) is 11.9. The van der Waals surface area contributed by atoms with Crippen LogP contribution in [-0.4, -0.2) is 57.7 Å². The van der Waals surface area contributed by atoms with E-state index in [0.29, 0.717) is 5.41 Å². The third-order valence-corrected chi connectivity index (χ3v) is 3.96. The lowest BCUT2D eigenvalue weighted by Gasteiger charge is -2.26. The van der Waals surface area contributed by atoms with Crippen molar-refractivity contribution >= 4 is 12.6 Å². The molecule has 1 saturated carbocycles. The molecular weight excluding hydrogens is 222 g/mol. The van der Waals surface area contributed by atoms with Gasteiger partial charge in [-0.2, -0.15) is 12.6 Å². The van der Waals surface area contributed by atoms with Crippen LogP contribution in [0.1, 0.15) is 19.3 Å². The number of thiol groups is 1. The van der Waals surface area contributed by atoms with Crippen LogP contribution in [0, 0.1) is 5.41 Å². The van der Waals surface area contributed by atoms with E-state index in [0.717, 1.165) is 38.5 Å². The van der Waals surface area contributed by atoms with Crippen molar-refractivity contribution < 1.29 is 9.47 Å².